The fourth-order valence-electron chi connectivity index (χ4n) is 4.64. The van der Waals surface area contributed by atoms with Crippen molar-refractivity contribution < 1.29 is 13.2 Å². The predicted molar refractivity (Wildman–Crippen MR) is 119 cm³/mol. The summed E-state index contributed by atoms with van der Waals surface area (Å²) < 4.78 is 29.7. The molecule has 0 radical (unpaired) electrons. The minimum Gasteiger partial charge on any atom is -0.342 e. The van der Waals surface area contributed by atoms with E-state index in [9.17, 15) is 13.2 Å². The van der Waals surface area contributed by atoms with E-state index in [1.165, 1.54) is 4.31 Å². The van der Waals surface area contributed by atoms with Crippen molar-refractivity contribution in [3.8, 4) is 0 Å². The Morgan fingerprint density at radius 1 is 1.00 bits per heavy atom. The van der Waals surface area contributed by atoms with Gasteiger partial charge in [-0.3, -0.25) is 4.79 Å². The van der Waals surface area contributed by atoms with Crippen LogP contribution in [0, 0.1) is 5.92 Å². The van der Waals surface area contributed by atoms with Crippen LogP contribution in [-0.4, -0.2) is 59.3 Å². The lowest BCUT2D eigenvalue weighted by Gasteiger charge is -2.37. The molecule has 168 valence electrons. The highest BCUT2D eigenvalue weighted by Gasteiger charge is 2.35. The molecule has 1 amide bonds. The second kappa shape index (κ2) is 9.12. The van der Waals surface area contributed by atoms with Gasteiger partial charge in [0.15, 0.2) is 0 Å². The largest absolute Gasteiger partial charge is 0.342 e. The monoisotopic (exact) mass is 444 g/mol. The third-order valence-electron chi connectivity index (χ3n) is 6.71. The first kappa shape index (κ1) is 22.0. The van der Waals surface area contributed by atoms with E-state index in [2.05, 4.69) is 23.4 Å². The molecule has 2 saturated heterocycles. The Hall–Kier alpha value is -2.19. The van der Waals surface area contributed by atoms with E-state index in [1.807, 2.05) is 29.6 Å². The molecule has 2 aliphatic rings. The molecule has 0 spiro atoms. The first-order valence-corrected chi connectivity index (χ1v) is 12.7. The maximum absolute atomic E-state index is 13.0. The van der Waals surface area contributed by atoms with Crippen molar-refractivity contribution >= 4 is 15.9 Å². The second-order valence-electron chi connectivity index (χ2n) is 8.97. The predicted octanol–water partition coefficient (Wildman–Crippen LogP) is 3.27. The van der Waals surface area contributed by atoms with Crippen molar-refractivity contribution in [1.82, 2.24) is 18.8 Å². The highest BCUT2D eigenvalue weighted by atomic mass is 32.2. The number of hydrogen-bond acceptors (Lipinski definition) is 4. The molecule has 3 heterocycles. The maximum Gasteiger partial charge on any atom is 0.243 e. The molecule has 8 heteroatoms. The normalized spacial score (nSPS) is 19.8. The number of carbonyl (C=O) groups excluding carboxylic acids is 1. The van der Waals surface area contributed by atoms with Crippen LogP contribution in [0.1, 0.15) is 57.1 Å². The number of imidazole rings is 1. The van der Waals surface area contributed by atoms with E-state index in [4.69, 9.17) is 0 Å². The third-order valence-corrected chi connectivity index (χ3v) is 8.62. The lowest BCUT2D eigenvalue weighted by molar-refractivity contribution is -0.138. The molecule has 0 atom stereocenters. The first-order chi connectivity index (χ1) is 14.9. The minimum absolute atomic E-state index is 0.0837. The Kier molecular flexibility index (Phi) is 6.48. The highest BCUT2D eigenvalue weighted by molar-refractivity contribution is 7.89. The summed E-state index contributed by atoms with van der Waals surface area (Å²) in [7, 11) is -3.51. The van der Waals surface area contributed by atoms with Gasteiger partial charge >= 0.3 is 0 Å². The van der Waals surface area contributed by atoms with Crippen molar-refractivity contribution in [2.45, 2.75) is 56.4 Å². The zero-order valence-corrected chi connectivity index (χ0v) is 19.2. The number of aromatic nitrogens is 2. The Balaban J connectivity index is 1.31. The van der Waals surface area contributed by atoms with E-state index in [0.29, 0.717) is 42.8 Å². The van der Waals surface area contributed by atoms with Crippen LogP contribution >= 0.6 is 0 Å². The van der Waals surface area contributed by atoms with Crippen molar-refractivity contribution in [3.63, 3.8) is 0 Å². The van der Waals surface area contributed by atoms with Crippen LogP contribution in [0.5, 0.6) is 0 Å². The summed E-state index contributed by atoms with van der Waals surface area (Å²) in [6.45, 7) is 6.48. The summed E-state index contributed by atoms with van der Waals surface area (Å²) >= 11 is 0. The second-order valence-corrected chi connectivity index (χ2v) is 10.9. The maximum atomic E-state index is 13.0. The molecule has 0 N–H and O–H groups in total. The van der Waals surface area contributed by atoms with Crippen molar-refractivity contribution in [1.29, 1.82) is 0 Å². The quantitative estimate of drug-likeness (QED) is 0.709. The molecule has 1 aromatic carbocycles. The Morgan fingerprint density at radius 2 is 1.65 bits per heavy atom. The van der Waals surface area contributed by atoms with Gasteiger partial charge in [0, 0.05) is 50.5 Å². The summed E-state index contributed by atoms with van der Waals surface area (Å²) in [6.07, 6.45) is 8.65. The molecule has 7 nitrogen and oxygen atoms in total. The van der Waals surface area contributed by atoms with Gasteiger partial charge in [0.25, 0.3) is 0 Å². The number of benzene rings is 1. The van der Waals surface area contributed by atoms with Crippen molar-refractivity contribution in [2.24, 2.45) is 5.92 Å². The smallest absolute Gasteiger partial charge is 0.243 e. The van der Waals surface area contributed by atoms with Gasteiger partial charge in [-0.1, -0.05) is 26.0 Å². The molecule has 31 heavy (non-hydrogen) atoms. The molecule has 0 bridgehead atoms. The highest BCUT2D eigenvalue weighted by Crippen LogP contribution is 2.28. The lowest BCUT2D eigenvalue weighted by Crippen LogP contribution is -2.46. The third kappa shape index (κ3) is 4.70. The Bertz CT molecular complexity index is 970. The van der Waals surface area contributed by atoms with Gasteiger partial charge in [-0.15, -0.1) is 0 Å². The molecule has 2 aromatic rings. The van der Waals surface area contributed by atoms with Crippen molar-refractivity contribution in [2.75, 3.05) is 26.2 Å². The molecule has 1 aromatic heterocycles. The average molecular weight is 445 g/mol. The van der Waals surface area contributed by atoms with E-state index < -0.39 is 10.0 Å². The molecule has 4 rings (SSSR count). The van der Waals surface area contributed by atoms with E-state index in [0.717, 1.165) is 31.5 Å². The lowest BCUT2D eigenvalue weighted by atomic mass is 9.95. The number of amides is 1. The Morgan fingerprint density at radius 3 is 2.19 bits per heavy atom. The fourth-order valence-corrected chi connectivity index (χ4v) is 6.11. The number of nitrogens with zero attached hydrogens (tertiary/aromatic N) is 4. The van der Waals surface area contributed by atoms with Gasteiger partial charge in [0.05, 0.1) is 11.2 Å². The van der Waals surface area contributed by atoms with Crippen LogP contribution in [0.2, 0.25) is 0 Å². The molecule has 2 fully saturated rings. The van der Waals surface area contributed by atoms with Crippen LogP contribution < -0.4 is 0 Å². The van der Waals surface area contributed by atoms with Gasteiger partial charge in [-0.25, -0.2) is 13.4 Å². The molecular formula is C23H32N4O3S. The summed E-state index contributed by atoms with van der Waals surface area (Å²) in [5.74, 6) is 0.463. The number of carbonyl (C=O) groups is 1. The number of likely N-dealkylation sites (tertiary alicyclic amines) is 1. The molecular weight excluding hydrogens is 412 g/mol. The number of rotatable bonds is 5. The van der Waals surface area contributed by atoms with Crippen LogP contribution in [-0.2, 0) is 14.8 Å². The van der Waals surface area contributed by atoms with Crippen molar-refractivity contribution in [3.05, 3.63) is 48.5 Å². The van der Waals surface area contributed by atoms with Gasteiger partial charge in [-0.05, 0) is 49.3 Å². The summed E-state index contributed by atoms with van der Waals surface area (Å²) in [5.41, 5.74) is 1.13. The summed E-state index contributed by atoms with van der Waals surface area (Å²) in [6, 6.07) is 7.59. The van der Waals surface area contributed by atoms with E-state index in [1.54, 1.807) is 18.3 Å². The summed E-state index contributed by atoms with van der Waals surface area (Å²) in [4.78, 5) is 19.4. The van der Waals surface area contributed by atoms with Crippen LogP contribution in [0.15, 0.2) is 47.9 Å². The van der Waals surface area contributed by atoms with Gasteiger partial charge in [-0.2, -0.15) is 4.31 Å². The molecule has 0 unspecified atom stereocenters. The standard InChI is InChI=1S/C23H32N4O3S/c1-18(2)19-3-5-22(6-4-19)31(29,30)27-14-7-20(8-15-27)23(28)25-12-9-21(10-13-25)26-16-11-24-17-26/h3-6,11,16-18,20-21H,7-10,12-15H2,1-2H3. The zero-order chi connectivity index (χ0) is 22.0. The molecule has 0 saturated carbocycles. The zero-order valence-electron chi connectivity index (χ0n) is 18.4. The van der Waals surface area contributed by atoms with E-state index >= 15 is 0 Å². The van der Waals surface area contributed by atoms with Gasteiger partial charge < -0.3 is 9.47 Å². The van der Waals surface area contributed by atoms with Gasteiger partial charge in [0.2, 0.25) is 15.9 Å². The minimum atomic E-state index is -3.51. The fraction of sp³-hybridized carbons (Fsp3) is 0.565. The number of piperidine rings is 2. The van der Waals surface area contributed by atoms with Gasteiger partial charge in [0.1, 0.15) is 0 Å². The number of sulfonamides is 1. The topological polar surface area (TPSA) is 75.5 Å². The van der Waals surface area contributed by atoms with Crippen LogP contribution in [0.3, 0.4) is 0 Å². The molecule has 0 aliphatic carbocycles. The average Bonchev–Trinajstić information content (AvgIpc) is 3.34. The molecule has 2 aliphatic heterocycles. The van der Waals surface area contributed by atoms with Crippen LogP contribution in [0.25, 0.3) is 0 Å². The summed E-state index contributed by atoms with van der Waals surface area (Å²) in [5, 5.41) is 0. The Labute approximate surface area is 185 Å². The van der Waals surface area contributed by atoms with Crippen LogP contribution in [0.4, 0.5) is 0 Å². The number of hydrogen-bond donors (Lipinski definition) is 0. The first-order valence-electron chi connectivity index (χ1n) is 11.2. The van der Waals surface area contributed by atoms with E-state index in [-0.39, 0.29) is 11.8 Å². The SMILES string of the molecule is CC(C)c1ccc(S(=O)(=O)N2CCC(C(=O)N3CCC(n4ccnc4)CC3)CC2)cc1.